The molecule has 4 aromatic carbocycles. The number of carboxylic acids is 2. The third kappa shape index (κ3) is 23.1. The summed E-state index contributed by atoms with van der Waals surface area (Å²) in [5.74, 6) is 6.32. The minimum absolute atomic E-state index is 0.192. The maximum absolute atomic E-state index is 10.9. The minimum Gasteiger partial charge on any atom is -0.481 e. The van der Waals surface area contributed by atoms with E-state index in [2.05, 4.69) is 104 Å². The van der Waals surface area contributed by atoms with Crippen molar-refractivity contribution >= 4 is 173 Å². The molecular weight excluding hydrogens is 1970 g/mol. The summed E-state index contributed by atoms with van der Waals surface area (Å²) in [4.78, 5) is 77.9. The van der Waals surface area contributed by atoms with Crippen LogP contribution in [0.4, 0.5) is 23.3 Å². The van der Waals surface area contributed by atoms with E-state index in [1.807, 2.05) is 65.8 Å². The zero-order valence-electron chi connectivity index (χ0n) is 79.7. The van der Waals surface area contributed by atoms with Crippen LogP contribution in [-0.2, 0) is 9.59 Å². The summed E-state index contributed by atoms with van der Waals surface area (Å²) in [6, 6.07) is 28.9. The lowest BCUT2D eigenvalue weighted by Crippen LogP contribution is -2.54. The third-order valence-electron chi connectivity index (χ3n) is 29.2. The topological polar surface area (TPSA) is 411 Å². The number of hydrogen-bond acceptors (Lipinski definition) is 28. The van der Waals surface area contributed by atoms with Gasteiger partial charge < -0.3 is 59.6 Å². The highest BCUT2D eigenvalue weighted by Gasteiger charge is 2.43. The molecule has 8 aliphatic heterocycles. The van der Waals surface area contributed by atoms with Crippen molar-refractivity contribution in [3.63, 3.8) is 0 Å². The standard InChI is InChI=1S/2C25H27Cl2N7O2.2C25H29Cl2N7O/c2*1-15(19-5-4-18(26)9-20(19)27)34-25-24(21(10-28)31-34)29-11-22(30-25)33-13-17(14-33)16-3-2-7-32(12-16)8-6-23(35)36;2*1-15(35)11-32-7-3-4-17(12-32)18-13-33(14-18)23-10-29-24-22(9-28)31-34(25(24)30-23)16(2)20-6-5-19(26)8-21(20)27/h2*4-5,9,11,15-17H,2-3,6-8,12-14H2,1H3,(H,35,36);2*5-6,8,10,15-18,35H,3-4,7,11-14H2,1-2H3/t15-,16+;15-,16-;15-,16+,17+;15-,16+,17-/m1100/s1. The normalized spacial score (nSPS) is 20.4. The summed E-state index contributed by atoms with van der Waals surface area (Å²) in [5.41, 5.74) is 8.46. The number of piperidine rings is 4. The largest absolute Gasteiger partial charge is 0.481 e. The first-order valence-electron chi connectivity index (χ1n) is 48.4. The first-order valence-corrected chi connectivity index (χ1v) is 51.5. The summed E-state index contributed by atoms with van der Waals surface area (Å²) in [6.07, 6.45) is 16.1. The van der Waals surface area contributed by atoms with Crippen LogP contribution in [0.5, 0.6) is 0 Å². The van der Waals surface area contributed by atoms with Gasteiger partial charge in [-0.05, 0) is 237 Å². The van der Waals surface area contributed by atoms with Crippen molar-refractivity contribution in [3.8, 4) is 24.3 Å². The molecule has 42 heteroatoms. The van der Waals surface area contributed by atoms with Crippen LogP contribution in [-0.4, -0.2) is 274 Å². The van der Waals surface area contributed by atoms with E-state index in [1.165, 1.54) is 38.5 Å². The van der Waals surface area contributed by atoms with Gasteiger partial charge >= 0.3 is 11.9 Å². The van der Waals surface area contributed by atoms with Gasteiger partial charge in [-0.15, -0.1) is 0 Å². The summed E-state index contributed by atoms with van der Waals surface area (Å²) in [5, 5.41) is 98.3. The Hall–Kier alpha value is -10.7. The zero-order chi connectivity index (χ0) is 100. The van der Waals surface area contributed by atoms with Crippen molar-refractivity contribution < 1.29 is 30.0 Å². The Labute approximate surface area is 863 Å². The molecule has 34 nitrogen and oxygen atoms in total. The Kier molecular flexibility index (Phi) is 32.7. The number of aliphatic carboxylic acids is 2. The molecule has 16 heterocycles. The minimum atomic E-state index is -0.743. The summed E-state index contributed by atoms with van der Waals surface area (Å²) in [7, 11) is 0. The fourth-order valence-corrected chi connectivity index (χ4v) is 23.6. The third-order valence-corrected chi connectivity index (χ3v) is 31.5. The number of carboxylic acid groups (broad SMARTS) is 2. The fraction of sp³-hybridized carbons (Fsp3) is 0.500. The number of likely N-dealkylation sites (tertiary alicyclic amines) is 4. The second-order valence-corrected chi connectivity index (χ2v) is 42.3. The molecule has 744 valence electrons. The molecule has 0 spiro atoms. The molecule has 12 aromatic rings. The highest BCUT2D eigenvalue weighted by molar-refractivity contribution is 6.37. The van der Waals surface area contributed by atoms with E-state index in [9.17, 15) is 40.8 Å². The predicted molar refractivity (Wildman–Crippen MR) is 549 cm³/mol. The monoisotopic (exact) mass is 2080 g/mol. The van der Waals surface area contributed by atoms with Gasteiger partial charge in [-0.1, -0.05) is 117 Å². The lowest BCUT2D eigenvalue weighted by atomic mass is 9.80. The maximum atomic E-state index is 10.9. The molecule has 8 fully saturated rings. The first kappa shape index (κ1) is 103. The van der Waals surface area contributed by atoms with E-state index in [0.29, 0.717) is 145 Å². The quantitative estimate of drug-likeness (QED) is 0.0391. The van der Waals surface area contributed by atoms with E-state index in [-0.39, 0.29) is 72.0 Å². The van der Waals surface area contributed by atoms with Crippen LogP contribution in [0.1, 0.15) is 175 Å². The van der Waals surface area contributed by atoms with Crippen LogP contribution in [0.25, 0.3) is 44.7 Å². The van der Waals surface area contributed by atoms with Gasteiger partial charge in [-0.3, -0.25) is 9.59 Å². The second-order valence-electron chi connectivity index (χ2n) is 39.0. The van der Waals surface area contributed by atoms with Crippen molar-refractivity contribution in [1.82, 2.24) is 98.6 Å². The van der Waals surface area contributed by atoms with Crippen LogP contribution in [0.2, 0.25) is 40.2 Å². The Morgan fingerprint density at radius 3 is 0.782 bits per heavy atom. The van der Waals surface area contributed by atoms with Crippen LogP contribution < -0.4 is 19.6 Å². The Bertz CT molecular complexity index is 6390. The molecule has 142 heavy (non-hydrogen) atoms. The van der Waals surface area contributed by atoms with Crippen molar-refractivity contribution in [1.29, 1.82) is 21.0 Å². The number of nitrogens with zero attached hydrogens (tertiary/aromatic N) is 28. The first-order chi connectivity index (χ1) is 68.3. The van der Waals surface area contributed by atoms with Gasteiger partial charge in [-0.25, -0.2) is 58.6 Å². The van der Waals surface area contributed by atoms with Gasteiger partial charge in [0.2, 0.25) is 0 Å². The van der Waals surface area contributed by atoms with Crippen LogP contribution in [0, 0.1) is 92.7 Å². The molecule has 0 bridgehead atoms. The number of anilines is 4. The number of fused-ring (bicyclic) bond motifs is 4. The highest BCUT2D eigenvalue weighted by Crippen LogP contribution is 2.43. The molecule has 0 radical (unpaired) electrons. The number of aromatic nitrogens is 16. The summed E-state index contributed by atoms with van der Waals surface area (Å²) in [6.45, 7) is 29.7. The van der Waals surface area contributed by atoms with Crippen LogP contribution in [0.15, 0.2) is 97.6 Å². The number of halogens is 8. The fourth-order valence-electron chi connectivity index (χ4n) is 21.4. The molecule has 8 aliphatic rings. The van der Waals surface area contributed by atoms with Gasteiger partial charge in [-0.2, -0.15) is 41.4 Å². The van der Waals surface area contributed by atoms with E-state index in [4.69, 9.17) is 123 Å². The van der Waals surface area contributed by atoms with E-state index >= 15 is 0 Å². The molecule has 10 atom stereocenters. The van der Waals surface area contributed by atoms with E-state index in [0.717, 1.165) is 176 Å². The molecule has 20 rings (SSSR count). The SMILES string of the molecule is C[C@H](O)CN1CCC[C@@H](C2CN(c3cnc4c(C#N)nn([C@H](C)c5ccc(Cl)cc5Cl)c4n3)C2)C1.C[C@H](O)CN1CCC[C@H](C2CN(c3cnc4c(C#N)nn([C@H](C)c5ccc(Cl)cc5Cl)c4n3)C2)C1.C[C@H](c1ccc(Cl)cc1Cl)n1nc(C#N)c2ncc(N3CC([C@@H]4CCCN(CCC(=O)O)C4)C3)nc21.C[C@H](c1ccc(Cl)cc1Cl)n1nc(C#N)c2ncc(N3CC([C@H]4CCCN(CCC(=O)O)C4)C3)nc21. The molecule has 0 saturated carbocycles. The van der Waals surface area contributed by atoms with Crippen molar-refractivity contribution in [3.05, 3.63) is 183 Å². The Balaban J connectivity index is 0.000000130. The number of rotatable bonds is 26. The Morgan fingerprint density at radius 2 is 0.570 bits per heavy atom. The molecule has 0 unspecified atom stereocenters. The average Bonchev–Trinajstić information content (AvgIpc) is 1.61. The summed E-state index contributed by atoms with van der Waals surface area (Å²) >= 11 is 50.1. The van der Waals surface area contributed by atoms with Gasteiger partial charge in [0.1, 0.15) is 69.6 Å². The number of hydrogen-bond donors (Lipinski definition) is 4. The van der Waals surface area contributed by atoms with Gasteiger partial charge in [0, 0.05) is 145 Å². The van der Waals surface area contributed by atoms with Crippen LogP contribution in [0.3, 0.4) is 0 Å². The number of nitriles is 4. The lowest BCUT2D eigenvalue weighted by Gasteiger charge is -2.47. The van der Waals surface area contributed by atoms with Crippen molar-refractivity contribution in [2.45, 2.75) is 142 Å². The molecule has 8 saturated heterocycles. The highest BCUT2D eigenvalue weighted by atomic mass is 35.5. The van der Waals surface area contributed by atoms with Crippen molar-refractivity contribution in [2.75, 3.05) is 150 Å². The molecule has 0 amide bonds. The number of benzene rings is 4. The van der Waals surface area contributed by atoms with Crippen molar-refractivity contribution in [2.24, 2.45) is 47.3 Å². The Morgan fingerprint density at radius 1 is 0.345 bits per heavy atom. The number of aliphatic hydroxyl groups is 2. The summed E-state index contributed by atoms with van der Waals surface area (Å²) < 4.78 is 6.87. The van der Waals surface area contributed by atoms with E-state index < -0.39 is 11.9 Å². The van der Waals surface area contributed by atoms with Gasteiger partial charge in [0.25, 0.3) is 0 Å². The molecule has 4 N–H and O–H groups in total. The maximum Gasteiger partial charge on any atom is 0.304 e. The van der Waals surface area contributed by atoms with Crippen LogP contribution >= 0.6 is 92.8 Å². The van der Waals surface area contributed by atoms with E-state index in [1.54, 1.807) is 92.0 Å². The number of β-amino-alcohol motifs (C(OH)–C–C–N with tert-alkyl or cyclic N) is 2. The lowest BCUT2D eigenvalue weighted by molar-refractivity contribution is -0.138. The van der Waals surface area contributed by atoms with Gasteiger partial charge in [0.05, 0.1) is 74.0 Å². The molecule has 8 aromatic heterocycles. The average molecular weight is 2090 g/mol. The number of aliphatic hydroxyl groups excluding tert-OH is 2. The zero-order valence-corrected chi connectivity index (χ0v) is 85.7. The molecule has 0 aliphatic carbocycles. The second kappa shape index (κ2) is 45.3. The number of carbonyl (C=O) groups is 2. The molecular formula is C100H112Cl8N28O6. The van der Waals surface area contributed by atoms with Gasteiger partial charge in [0.15, 0.2) is 45.4 Å². The smallest absolute Gasteiger partial charge is 0.304 e. The predicted octanol–water partition coefficient (Wildman–Crippen LogP) is 16.8.